The van der Waals surface area contributed by atoms with Gasteiger partial charge < -0.3 is 11.1 Å². The van der Waals surface area contributed by atoms with E-state index < -0.39 is 0 Å². The summed E-state index contributed by atoms with van der Waals surface area (Å²) in [5.74, 6) is -0.00197. The van der Waals surface area contributed by atoms with Crippen LogP contribution in [0.4, 0.5) is 0 Å². The molecular formula is C21H25ClN2O2. The first kappa shape index (κ1) is 20.1. The number of ketones is 1. The van der Waals surface area contributed by atoms with Crippen LogP contribution in [-0.2, 0) is 0 Å². The van der Waals surface area contributed by atoms with Crippen molar-refractivity contribution >= 4 is 24.1 Å². The van der Waals surface area contributed by atoms with E-state index in [2.05, 4.69) is 5.32 Å². The van der Waals surface area contributed by atoms with Gasteiger partial charge in [0.25, 0.3) is 5.91 Å². The van der Waals surface area contributed by atoms with E-state index in [1.807, 2.05) is 19.1 Å². The highest BCUT2D eigenvalue weighted by Gasteiger charge is 2.28. The third kappa shape index (κ3) is 4.32. The van der Waals surface area contributed by atoms with Crippen molar-refractivity contribution in [2.45, 2.75) is 32.2 Å². The quantitative estimate of drug-likeness (QED) is 0.789. The van der Waals surface area contributed by atoms with Gasteiger partial charge in [0.05, 0.1) is 5.56 Å². The Morgan fingerprint density at radius 1 is 1.04 bits per heavy atom. The first-order chi connectivity index (χ1) is 12.1. The van der Waals surface area contributed by atoms with E-state index in [4.69, 9.17) is 5.73 Å². The maximum Gasteiger partial charge on any atom is 0.252 e. The second kappa shape index (κ2) is 8.97. The van der Waals surface area contributed by atoms with E-state index in [9.17, 15) is 9.59 Å². The van der Waals surface area contributed by atoms with Gasteiger partial charge in [-0.05, 0) is 38.3 Å². The van der Waals surface area contributed by atoms with Gasteiger partial charge in [0.15, 0.2) is 5.78 Å². The van der Waals surface area contributed by atoms with Gasteiger partial charge in [-0.2, -0.15) is 0 Å². The standard InChI is InChI=1S/C21H24N2O2.ClH/c1-14-9-11-15(12-10-14)20(24)17-6-2-3-7-18(17)21(25)23-19-8-4-5-16(19)13-22;/h2-3,6-7,9-12,16,19H,4-5,8,13,22H2,1H3,(H,23,25);1H. The molecule has 4 nitrogen and oxygen atoms in total. The Labute approximate surface area is 160 Å². The summed E-state index contributed by atoms with van der Waals surface area (Å²) in [4.78, 5) is 25.6. The third-order valence-electron chi connectivity index (χ3n) is 5.01. The number of rotatable bonds is 5. The third-order valence-corrected chi connectivity index (χ3v) is 5.01. The van der Waals surface area contributed by atoms with E-state index in [-0.39, 0.29) is 30.1 Å². The highest BCUT2D eigenvalue weighted by molar-refractivity contribution is 6.15. The number of carbonyl (C=O) groups excluding carboxylic acids is 2. The van der Waals surface area contributed by atoms with Gasteiger partial charge in [-0.3, -0.25) is 9.59 Å². The molecular weight excluding hydrogens is 348 g/mol. The van der Waals surface area contributed by atoms with Gasteiger partial charge in [-0.25, -0.2) is 0 Å². The van der Waals surface area contributed by atoms with Gasteiger partial charge in [0.2, 0.25) is 0 Å². The molecule has 1 aliphatic carbocycles. The van der Waals surface area contributed by atoms with Crippen LogP contribution in [0.2, 0.25) is 0 Å². The topological polar surface area (TPSA) is 72.2 Å². The number of nitrogens with one attached hydrogen (secondary N) is 1. The van der Waals surface area contributed by atoms with E-state index in [0.717, 1.165) is 24.8 Å². The number of carbonyl (C=O) groups is 2. The summed E-state index contributed by atoms with van der Waals surface area (Å²) in [5, 5.41) is 3.08. The molecule has 2 atom stereocenters. The molecule has 1 aliphatic rings. The summed E-state index contributed by atoms with van der Waals surface area (Å²) in [6.45, 7) is 2.56. The predicted octanol–water partition coefficient (Wildman–Crippen LogP) is 3.51. The normalized spacial score (nSPS) is 18.8. The molecule has 5 heteroatoms. The maximum atomic E-state index is 12.8. The number of amides is 1. The first-order valence-corrected chi connectivity index (χ1v) is 8.81. The number of halogens is 1. The molecule has 138 valence electrons. The molecule has 2 aromatic carbocycles. The van der Waals surface area contributed by atoms with E-state index in [0.29, 0.717) is 29.2 Å². The molecule has 2 aromatic rings. The van der Waals surface area contributed by atoms with Gasteiger partial charge in [0, 0.05) is 17.2 Å². The summed E-state index contributed by atoms with van der Waals surface area (Å²) in [7, 11) is 0. The van der Waals surface area contributed by atoms with E-state index in [1.165, 1.54) is 0 Å². The SMILES string of the molecule is Cc1ccc(C(=O)c2ccccc2C(=O)NC2CCCC2CN)cc1.Cl. The molecule has 3 rings (SSSR count). The summed E-state index contributed by atoms with van der Waals surface area (Å²) >= 11 is 0. The van der Waals surface area contributed by atoms with Crippen LogP contribution in [0.5, 0.6) is 0 Å². The fraction of sp³-hybridized carbons (Fsp3) is 0.333. The maximum absolute atomic E-state index is 12.8. The lowest BCUT2D eigenvalue weighted by molar-refractivity contribution is 0.0919. The minimum atomic E-state index is -0.193. The number of hydrogen-bond donors (Lipinski definition) is 2. The number of nitrogens with two attached hydrogens (primary N) is 1. The van der Waals surface area contributed by atoms with Crippen molar-refractivity contribution in [2.24, 2.45) is 11.7 Å². The Bertz CT molecular complexity index is 774. The molecule has 3 N–H and O–H groups in total. The highest BCUT2D eigenvalue weighted by atomic mass is 35.5. The molecule has 0 radical (unpaired) electrons. The lowest BCUT2D eigenvalue weighted by atomic mass is 9.96. The van der Waals surface area contributed by atoms with Crippen molar-refractivity contribution in [1.82, 2.24) is 5.32 Å². The Balaban J connectivity index is 0.00000243. The second-order valence-electron chi connectivity index (χ2n) is 6.75. The van der Waals surface area contributed by atoms with Crippen LogP contribution >= 0.6 is 12.4 Å². The molecule has 1 fully saturated rings. The molecule has 0 spiro atoms. The van der Waals surface area contributed by atoms with Crippen molar-refractivity contribution in [3.63, 3.8) is 0 Å². The highest BCUT2D eigenvalue weighted by Crippen LogP contribution is 2.25. The van der Waals surface area contributed by atoms with Crippen LogP contribution < -0.4 is 11.1 Å². The predicted molar refractivity (Wildman–Crippen MR) is 106 cm³/mol. The average molecular weight is 373 g/mol. The van der Waals surface area contributed by atoms with Gasteiger partial charge in [-0.1, -0.05) is 54.4 Å². The molecule has 0 heterocycles. The van der Waals surface area contributed by atoms with Crippen LogP contribution in [0.1, 0.15) is 51.1 Å². The van der Waals surface area contributed by atoms with Crippen LogP contribution in [0.3, 0.4) is 0 Å². The number of aryl methyl sites for hydroxylation is 1. The van der Waals surface area contributed by atoms with Crippen molar-refractivity contribution in [3.05, 3.63) is 70.8 Å². The smallest absolute Gasteiger partial charge is 0.252 e. The monoisotopic (exact) mass is 372 g/mol. The average Bonchev–Trinajstić information content (AvgIpc) is 3.09. The van der Waals surface area contributed by atoms with Crippen LogP contribution in [0.25, 0.3) is 0 Å². The van der Waals surface area contributed by atoms with Gasteiger partial charge >= 0.3 is 0 Å². The minimum absolute atomic E-state index is 0. The lowest BCUT2D eigenvalue weighted by Crippen LogP contribution is -2.40. The molecule has 1 saturated carbocycles. The molecule has 2 unspecified atom stereocenters. The van der Waals surface area contributed by atoms with Crippen molar-refractivity contribution in [3.8, 4) is 0 Å². The fourth-order valence-electron chi connectivity index (χ4n) is 3.49. The summed E-state index contributed by atoms with van der Waals surface area (Å²) in [6, 6.07) is 14.5. The first-order valence-electron chi connectivity index (χ1n) is 8.81. The summed E-state index contributed by atoms with van der Waals surface area (Å²) in [6.07, 6.45) is 3.07. The van der Waals surface area contributed by atoms with Crippen LogP contribution in [0, 0.1) is 12.8 Å². The Morgan fingerprint density at radius 3 is 2.35 bits per heavy atom. The van der Waals surface area contributed by atoms with Crippen LogP contribution in [0.15, 0.2) is 48.5 Å². The van der Waals surface area contributed by atoms with E-state index >= 15 is 0 Å². The number of benzene rings is 2. The summed E-state index contributed by atoms with van der Waals surface area (Å²) < 4.78 is 0. The van der Waals surface area contributed by atoms with Crippen LogP contribution in [-0.4, -0.2) is 24.3 Å². The fourth-order valence-corrected chi connectivity index (χ4v) is 3.49. The summed E-state index contributed by atoms with van der Waals surface area (Å²) in [5.41, 5.74) is 8.35. The second-order valence-corrected chi connectivity index (χ2v) is 6.75. The molecule has 0 aromatic heterocycles. The van der Waals surface area contributed by atoms with Crippen molar-refractivity contribution in [1.29, 1.82) is 0 Å². The van der Waals surface area contributed by atoms with Crippen molar-refractivity contribution < 1.29 is 9.59 Å². The molecule has 0 aliphatic heterocycles. The van der Waals surface area contributed by atoms with Gasteiger partial charge in [-0.15, -0.1) is 12.4 Å². The molecule has 0 bridgehead atoms. The molecule has 0 saturated heterocycles. The van der Waals surface area contributed by atoms with Crippen molar-refractivity contribution in [2.75, 3.05) is 6.54 Å². The lowest BCUT2D eigenvalue weighted by Gasteiger charge is -2.20. The zero-order valence-corrected chi connectivity index (χ0v) is 15.7. The Kier molecular flexibility index (Phi) is 6.95. The Hall–Kier alpha value is -2.17. The minimum Gasteiger partial charge on any atom is -0.349 e. The number of hydrogen-bond acceptors (Lipinski definition) is 3. The van der Waals surface area contributed by atoms with E-state index in [1.54, 1.807) is 36.4 Å². The molecule has 1 amide bonds. The Morgan fingerprint density at radius 2 is 1.69 bits per heavy atom. The zero-order valence-electron chi connectivity index (χ0n) is 14.9. The largest absolute Gasteiger partial charge is 0.349 e. The zero-order chi connectivity index (χ0) is 17.8. The molecule has 26 heavy (non-hydrogen) atoms. The van der Waals surface area contributed by atoms with Gasteiger partial charge in [0.1, 0.15) is 0 Å².